The average Bonchev–Trinajstić information content (AvgIpc) is 2.78. The molecule has 0 bridgehead atoms. The van der Waals surface area contributed by atoms with Crippen molar-refractivity contribution in [2.75, 3.05) is 6.54 Å². The molecule has 2 aromatic rings. The van der Waals surface area contributed by atoms with E-state index in [2.05, 4.69) is 26.3 Å². The summed E-state index contributed by atoms with van der Waals surface area (Å²) in [7, 11) is 0. The number of benzene rings is 1. The van der Waals surface area contributed by atoms with Gasteiger partial charge in [-0.1, -0.05) is 33.6 Å². The van der Waals surface area contributed by atoms with Gasteiger partial charge in [0.25, 0.3) is 0 Å². The maximum atomic E-state index is 6.22. The third kappa shape index (κ3) is 3.54. The zero-order valence-corrected chi connectivity index (χ0v) is 13.0. The molecule has 0 aliphatic heterocycles. The van der Waals surface area contributed by atoms with Gasteiger partial charge in [-0.25, -0.2) is 4.98 Å². The Balaban J connectivity index is 2.13. The summed E-state index contributed by atoms with van der Waals surface area (Å²) in [5.74, 6) is 0. The zero-order chi connectivity index (χ0) is 13.0. The summed E-state index contributed by atoms with van der Waals surface area (Å²) in [5.41, 5.74) is 7.43. The van der Waals surface area contributed by atoms with Crippen molar-refractivity contribution < 1.29 is 0 Å². The fraction of sp³-hybridized carbons (Fsp3) is 0.308. The Bertz CT molecular complexity index is 527. The first-order valence-electron chi connectivity index (χ1n) is 5.80. The van der Waals surface area contributed by atoms with Crippen LogP contribution in [0.15, 0.2) is 28.1 Å². The summed E-state index contributed by atoms with van der Waals surface area (Å²) in [6.45, 7) is 0.747. The fourth-order valence-electron chi connectivity index (χ4n) is 1.67. The Labute approximate surface area is 124 Å². The minimum Gasteiger partial charge on any atom is -0.330 e. The van der Waals surface area contributed by atoms with E-state index in [1.807, 2.05) is 18.2 Å². The van der Waals surface area contributed by atoms with Gasteiger partial charge in [0.2, 0.25) is 0 Å². The normalized spacial score (nSPS) is 10.8. The fourth-order valence-corrected chi connectivity index (χ4v) is 3.28. The quantitative estimate of drug-likeness (QED) is 0.810. The number of rotatable bonds is 5. The molecule has 2 rings (SSSR count). The lowest BCUT2D eigenvalue weighted by atomic mass is 10.2. The van der Waals surface area contributed by atoms with E-state index in [1.54, 1.807) is 11.3 Å². The van der Waals surface area contributed by atoms with Crippen molar-refractivity contribution >= 4 is 38.9 Å². The Morgan fingerprint density at radius 1 is 1.33 bits per heavy atom. The molecule has 0 saturated carbocycles. The number of thiazole rings is 1. The molecule has 0 aliphatic rings. The molecule has 2 nitrogen and oxygen atoms in total. The molecule has 0 unspecified atom stereocenters. The lowest BCUT2D eigenvalue weighted by Crippen LogP contribution is -1.98. The van der Waals surface area contributed by atoms with Crippen LogP contribution in [0.5, 0.6) is 0 Å². The number of halogens is 2. The first-order chi connectivity index (χ1) is 8.70. The molecule has 0 aliphatic carbocycles. The van der Waals surface area contributed by atoms with Crippen molar-refractivity contribution in [1.29, 1.82) is 0 Å². The molecule has 18 heavy (non-hydrogen) atoms. The van der Waals surface area contributed by atoms with Gasteiger partial charge in [-0.15, -0.1) is 11.3 Å². The van der Waals surface area contributed by atoms with Crippen LogP contribution >= 0.6 is 38.9 Å². The minimum atomic E-state index is 0.725. The predicted octanol–water partition coefficient (Wildman–Crippen LogP) is 4.51. The summed E-state index contributed by atoms with van der Waals surface area (Å²) in [5, 5.41) is 3.94. The lowest BCUT2D eigenvalue weighted by molar-refractivity contribution is 0.742. The number of nitrogens with two attached hydrogens (primary N) is 1. The predicted molar refractivity (Wildman–Crippen MR) is 82.3 cm³/mol. The minimum absolute atomic E-state index is 0.725. The van der Waals surface area contributed by atoms with Crippen LogP contribution < -0.4 is 5.73 Å². The van der Waals surface area contributed by atoms with E-state index in [4.69, 9.17) is 17.3 Å². The second kappa shape index (κ2) is 6.66. The van der Waals surface area contributed by atoms with Gasteiger partial charge < -0.3 is 5.73 Å². The van der Waals surface area contributed by atoms with E-state index in [1.165, 1.54) is 0 Å². The first kappa shape index (κ1) is 14.0. The molecule has 0 saturated heterocycles. The van der Waals surface area contributed by atoms with Crippen LogP contribution in [0.25, 0.3) is 11.3 Å². The van der Waals surface area contributed by atoms with E-state index < -0.39 is 0 Å². The van der Waals surface area contributed by atoms with Gasteiger partial charge in [0.15, 0.2) is 0 Å². The van der Waals surface area contributed by atoms with Crippen LogP contribution in [0.3, 0.4) is 0 Å². The highest BCUT2D eigenvalue weighted by molar-refractivity contribution is 9.10. The third-order valence-electron chi connectivity index (χ3n) is 2.60. The van der Waals surface area contributed by atoms with Crippen molar-refractivity contribution in [3.63, 3.8) is 0 Å². The highest BCUT2D eigenvalue weighted by Gasteiger charge is 2.08. The van der Waals surface area contributed by atoms with Gasteiger partial charge in [-0.3, -0.25) is 0 Å². The summed E-state index contributed by atoms with van der Waals surface area (Å²) in [6.07, 6.45) is 3.14. The molecule has 0 amide bonds. The second-order valence-corrected chi connectivity index (χ2v) is 6.26. The molecule has 1 aromatic carbocycles. The van der Waals surface area contributed by atoms with Gasteiger partial charge in [-0.2, -0.15) is 0 Å². The van der Waals surface area contributed by atoms with Crippen molar-refractivity contribution in [2.45, 2.75) is 19.3 Å². The van der Waals surface area contributed by atoms with Gasteiger partial charge in [0.05, 0.1) is 15.7 Å². The van der Waals surface area contributed by atoms with Crippen LogP contribution in [-0.4, -0.2) is 11.5 Å². The highest BCUT2D eigenvalue weighted by atomic mass is 79.9. The molecule has 0 atom stereocenters. The Hall–Kier alpha value is -0.420. The topological polar surface area (TPSA) is 38.9 Å². The standard InChI is InChI=1S/C13H14BrClN2S/c14-9-4-5-10(11(15)7-9)12-8-18-13(17-12)3-1-2-6-16/h4-5,7-8H,1-3,6,16H2. The average molecular weight is 346 g/mol. The third-order valence-corrected chi connectivity index (χ3v) is 4.32. The van der Waals surface area contributed by atoms with Crippen molar-refractivity contribution in [1.82, 2.24) is 4.98 Å². The summed E-state index contributed by atoms with van der Waals surface area (Å²) in [6, 6.07) is 5.87. The molecule has 0 fully saturated rings. The Morgan fingerprint density at radius 3 is 2.89 bits per heavy atom. The number of nitrogens with zero attached hydrogens (tertiary/aromatic N) is 1. The molecule has 96 valence electrons. The van der Waals surface area contributed by atoms with Gasteiger partial charge in [0.1, 0.15) is 0 Å². The largest absolute Gasteiger partial charge is 0.330 e. The molecule has 5 heteroatoms. The zero-order valence-electron chi connectivity index (χ0n) is 9.83. The van der Waals surface area contributed by atoms with Gasteiger partial charge in [0, 0.05) is 15.4 Å². The second-order valence-electron chi connectivity index (χ2n) is 4.00. The van der Waals surface area contributed by atoms with Crippen molar-refractivity contribution in [3.8, 4) is 11.3 Å². The summed E-state index contributed by atoms with van der Waals surface area (Å²) < 4.78 is 0.981. The first-order valence-corrected chi connectivity index (χ1v) is 7.85. The van der Waals surface area contributed by atoms with Crippen LogP contribution in [0.2, 0.25) is 5.02 Å². The summed E-state index contributed by atoms with van der Waals surface area (Å²) in [4.78, 5) is 4.62. The lowest BCUT2D eigenvalue weighted by Gasteiger charge is -2.01. The van der Waals surface area contributed by atoms with E-state index in [0.717, 1.165) is 51.6 Å². The van der Waals surface area contributed by atoms with Crippen LogP contribution in [-0.2, 0) is 6.42 Å². The number of aryl methyl sites for hydroxylation is 1. The molecular weight excluding hydrogens is 332 g/mol. The smallest absolute Gasteiger partial charge is 0.0932 e. The van der Waals surface area contributed by atoms with E-state index in [0.29, 0.717) is 0 Å². The molecule has 0 radical (unpaired) electrons. The van der Waals surface area contributed by atoms with Crippen molar-refractivity contribution in [3.05, 3.63) is 38.1 Å². The number of aromatic nitrogens is 1. The molecule has 1 aromatic heterocycles. The van der Waals surface area contributed by atoms with E-state index in [-0.39, 0.29) is 0 Å². The molecule has 2 N–H and O–H groups in total. The van der Waals surface area contributed by atoms with E-state index >= 15 is 0 Å². The number of hydrogen-bond donors (Lipinski definition) is 1. The van der Waals surface area contributed by atoms with Crippen LogP contribution in [0.1, 0.15) is 17.8 Å². The molecular formula is C13H14BrClN2S. The van der Waals surface area contributed by atoms with E-state index in [9.17, 15) is 0 Å². The van der Waals surface area contributed by atoms with Gasteiger partial charge in [-0.05, 0) is 37.9 Å². The van der Waals surface area contributed by atoms with Crippen LogP contribution in [0.4, 0.5) is 0 Å². The van der Waals surface area contributed by atoms with Crippen LogP contribution in [0, 0.1) is 0 Å². The summed E-state index contributed by atoms with van der Waals surface area (Å²) >= 11 is 11.3. The number of hydrogen-bond acceptors (Lipinski definition) is 3. The molecule has 1 heterocycles. The highest BCUT2D eigenvalue weighted by Crippen LogP contribution is 2.31. The SMILES string of the molecule is NCCCCc1nc(-c2ccc(Br)cc2Cl)cs1. The maximum absolute atomic E-state index is 6.22. The van der Waals surface area contributed by atoms with Crippen molar-refractivity contribution in [2.24, 2.45) is 5.73 Å². The Morgan fingerprint density at radius 2 is 2.17 bits per heavy atom. The molecule has 0 spiro atoms. The maximum Gasteiger partial charge on any atom is 0.0932 e. The Kier molecular flexibility index (Phi) is 5.18. The monoisotopic (exact) mass is 344 g/mol. The van der Waals surface area contributed by atoms with Gasteiger partial charge >= 0.3 is 0 Å². The number of unbranched alkanes of at least 4 members (excludes halogenated alkanes) is 1.